The van der Waals surface area contributed by atoms with Crippen molar-refractivity contribution >= 4 is 53.9 Å². The summed E-state index contributed by atoms with van der Waals surface area (Å²) in [5.41, 5.74) is 2.47. The van der Waals surface area contributed by atoms with Crippen LogP contribution in [-0.4, -0.2) is 38.3 Å². The van der Waals surface area contributed by atoms with Crippen LogP contribution in [0.3, 0.4) is 0 Å². The van der Waals surface area contributed by atoms with Crippen molar-refractivity contribution in [2.45, 2.75) is 13.0 Å². The summed E-state index contributed by atoms with van der Waals surface area (Å²) in [5.74, 6) is -0.967. The molecular formula is C18H17N5O3S2. The number of carbonyl (C=O) groups is 2. The summed E-state index contributed by atoms with van der Waals surface area (Å²) < 4.78 is 2.46. The Kier molecular flexibility index (Phi) is 5.71. The summed E-state index contributed by atoms with van der Waals surface area (Å²) in [6, 6.07) is 13.3. The third kappa shape index (κ3) is 4.02. The van der Waals surface area contributed by atoms with Crippen LogP contribution in [-0.2, 0) is 9.59 Å². The number of carboxylic acid groups (broad SMARTS) is 1. The summed E-state index contributed by atoms with van der Waals surface area (Å²) in [6.45, 7) is 1.54. The Balaban J connectivity index is 1.98. The van der Waals surface area contributed by atoms with Crippen LogP contribution in [0.25, 0.3) is 5.69 Å². The molecule has 3 rings (SSSR count). The minimum Gasteiger partial charge on any atom is -0.480 e. The second-order valence-electron chi connectivity index (χ2n) is 5.95. The topological polar surface area (TPSA) is 106 Å². The number of H-pyrrole nitrogens is 2. The molecule has 0 saturated heterocycles. The summed E-state index contributed by atoms with van der Waals surface area (Å²) in [7, 11) is 0. The Hall–Kier alpha value is -3.24. The molecule has 2 aromatic carbocycles. The molecule has 10 heteroatoms. The van der Waals surface area contributed by atoms with Gasteiger partial charge in [-0.05, 0) is 67.8 Å². The summed E-state index contributed by atoms with van der Waals surface area (Å²) in [4.78, 5) is 24.3. The largest absolute Gasteiger partial charge is 0.480 e. The minimum atomic E-state index is -0.967. The van der Waals surface area contributed by atoms with Crippen molar-refractivity contribution in [1.29, 1.82) is 0 Å². The van der Waals surface area contributed by atoms with E-state index in [1.165, 1.54) is 4.90 Å². The predicted octanol–water partition coefficient (Wildman–Crippen LogP) is 3.77. The number of nitrogens with zero attached hydrogens (tertiary/aromatic N) is 2. The smallest absolute Gasteiger partial charge is 0.325 e. The molecule has 0 fully saturated rings. The molecule has 0 spiro atoms. The number of hydrogen-bond acceptors (Lipinski definition) is 5. The first-order valence-electron chi connectivity index (χ1n) is 8.25. The van der Waals surface area contributed by atoms with Crippen molar-refractivity contribution < 1.29 is 14.7 Å². The lowest BCUT2D eigenvalue weighted by atomic mass is 10.2. The van der Waals surface area contributed by atoms with Crippen LogP contribution in [0.4, 0.5) is 17.1 Å². The predicted molar refractivity (Wildman–Crippen MR) is 112 cm³/mol. The average Bonchev–Trinajstić information content (AvgIpc) is 3.01. The van der Waals surface area contributed by atoms with Gasteiger partial charge in [-0.25, -0.2) is 0 Å². The zero-order valence-electron chi connectivity index (χ0n) is 14.7. The number of nitrogens with one attached hydrogen (secondary N) is 3. The van der Waals surface area contributed by atoms with E-state index in [9.17, 15) is 9.59 Å². The molecule has 1 heterocycles. The van der Waals surface area contributed by atoms with Crippen LogP contribution in [0, 0.1) is 9.54 Å². The van der Waals surface area contributed by atoms with E-state index >= 15 is 0 Å². The van der Waals surface area contributed by atoms with Gasteiger partial charge < -0.3 is 10.4 Å². The number of aromatic amines is 2. The fourth-order valence-corrected chi connectivity index (χ4v) is 3.21. The highest BCUT2D eigenvalue weighted by Gasteiger charge is 2.13. The molecule has 1 amide bonds. The number of aliphatic carboxylic acids is 1. The number of amides is 1. The van der Waals surface area contributed by atoms with Crippen LogP contribution < -0.4 is 10.2 Å². The van der Waals surface area contributed by atoms with Crippen molar-refractivity contribution in [3.8, 4) is 5.69 Å². The first kappa shape index (κ1) is 19.5. The molecule has 1 atom stereocenters. The number of anilines is 3. The molecule has 0 radical (unpaired) electrons. The fourth-order valence-electron chi connectivity index (χ4n) is 2.66. The molecule has 0 saturated carbocycles. The molecule has 144 valence electrons. The molecule has 3 aromatic rings. The van der Waals surface area contributed by atoms with Gasteiger partial charge in [0.1, 0.15) is 6.04 Å². The lowest BCUT2D eigenvalue weighted by Gasteiger charge is -2.20. The van der Waals surface area contributed by atoms with E-state index in [1.807, 2.05) is 6.07 Å². The summed E-state index contributed by atoms with van der Waals surface area (Å²) in [6.07, 6.45) is 0.690. The SMILES string of the molecule is CC(Nc1cccc(N(C=O)c2cccc(-n3c(=S)[nH][nH]c3=S)c2)c1)C(=O)O. The Morgan fingerprint density at radius 3 is 2.36 bits per heavy atom. The average molecular weight is 416 g/mol. The molecule has 0 aliphatic heterocycles. The minimum absolute atomic E-state index is 0.411. The zero-order chi connectivity index (χ0) is 20.3. The van der Waals surface area contributed by atoms with Gasteiger partial charge in [0.05, 0.1) is 17.1 Å². The van der Waals surface area contributed by atoms with Gasteiger partial charge in [-0.1, -0.05) is 12.1 Å². The highest BCUT2D eigenvalue weighted by Crippen LogP contribution is 2.28. The van der Waals surface area contributed by atoms with Gasteiger partial charge in [0.15, 0.2) is 9.54 Å². The van der Waals surface area contributed by atoms with Gasteiger partial charge in [0.25, 0.3) is 0 Å². The number of hydrogen-bond donors (Lipinski definition) is 4. The van der Waals surface area contributed by atoms with Gasteiger partial charge in [-0.15, -0.1) is 0 Å². The molecular weight excluding hydrogens is 398 g/mol. The second-order valence-corrected chi connectivity index (χ2v) is 6.72. The molecule has 0 aliphatic carbocycles. The lowest BCUT2D eigenvalue weighted by molar-refractivity contribution is -0.137. The standard InChI is InChI=1S/C18H17N5O3S2/c1-11(16(25)26)19-12-4-2-5-13(8-12)22(10-24)14-6-3-7-15(9-14)23-17(27)20-21-18(23)28/h2-11,19H,1H3,(H,20,27)(H,21,28)(H,25,26). The monoisotopic (exact) mass is 415 g/mol. The fraction of sp³-hybridized carbons (Fsp3) is 0.111. The highest BCUT2D eigenvalue weighted by molar-refractivity contribution is 7.72. The Morgan fingerprint density at radius 2 is 1.75 bits per heavy atom. The van der Waals surface area contributed by atoms with E-state index in [4.69, 9.17) is 29.5 Å². The van der Waals surface area contributed by atoms with Crippen molar-refractivity contribution in [1.82, 2.24) is 14.8 Å². The van der Waals surface area contributed by atoms with Gasteiger partial charge in [-0.2, -0.15) is 0 Å². The van der Waals surface area contributed by atoms with E-state index < -0.39 is 12.0 Å². The van der Waals surface area contributed by atoms with Gasteiger partial charge >= 0.3 is 5.97 Å². The van der Waals surface area contributed by atoms with Crippen LogP contribution in [0.15, 0.2) is 48.5 Å². The highest BCUT2D eigenvalue weighted by atomic mass is 32.1. The van der Waals surface area contributed by atoms with Crippen LogP contribution in [0.2, 0.25) is 0 Å². The molecule has 1 aromatic heterocycles. The van der Waals surface area contributed by atoms with Crippen molar-refractivity contribution in [2.24, 2.45) is 0 Å². The number of carboxylic acids is 1. The Labute approximate surface area is 170 Å². The maximum Gasteiger partial charge on any atom is 0.325 e. The molecule has 28 heavy (non-hydrogen) atoms. The van der Waals surface area contributed by atoms with Crippen LogP contribution >= 0.6 is 24.4 Å². The lowest BCUT2D eigenvalue weighted by Crippen LogP contribution is -2.25. The van der Waals surface area contributed by atoms with Gasteiger partial charge in [0, 0.05) is 5.69 Å². The molecule has 1 unspecified atom stereocenters. The maximum atomic E-state index is 11.8. The Bertz CT molecular complexity index is 1110. The van der Waals surface area contributed by atoms with E-state index in [0.717, 1.165) is 0 Å². The first-order chi connectivity index (χ1) is 13.4. The van der Waals surface area contributed by atoms with Crippen molar-refractivity contribution in [2.75, 3.05) is 10.2 Å². The number of carbonyl (C=O) groups excluding carboxylic acids is 1. The molecule has 4 N–H and O–H groups in total. The number of aromatic nitrogens is 3. The molecule has 0 aliphatic rings. The van der Waals surface area contributed by atoms with E-state index in [2.05, 4.69) is 15.5 Å². The Morgan fingerprint density at radius 1 is 1.14 bits per heavy atom. The second kappa shape index (κ2) is 8.19. The van der Waals surface area contributed by atoms with E-state index in [-0.39, 0.29) is 0 Å². The van der Waals surface area contributed by atoms with E-state index in [1.54, 1.807) is 54.0 Å². The normalized spacial score (nSPS) is 11.6. The number of benzene rings is 2. The molecule has 0 bridgehead atoms. The van der Waals surface area contributed by atoms with Crippen LogP contribution in [0.1, 0.15) is 6.92 Å². The maximum absolute atomic E-state index is 11.8. The third-order valence-electron chi connectivity index (χ3n) is 4.03. The van der Waals surface area contributed by atoms with Gasteiger partial charge in [-0.3, -0.25) is 29.3 Å². The number of rotatable bonds is 7. The quantitative estimate of drug-likeness (QED) is 0.346. The zero-order valence-corrected chi connectivity index (χ0v) is 16.4. The molecule has 8 nitrogen and oxygen atoms in total. The van der Waals surface area contributed by atoms with E-state index in [0.29, 0.717) is 38.7 Å². The van der Waals surface area contributed by atoms with Crippen molar-refractivity contribution in [3.05, 3.63) is 58.1 Å². The first-order valence-corrected chi connectivity index (χ1v) is 9.06. The third-order valence-corrected chi connectivity index (χ3v) is 4.60. The van der Waals surface area contributed by atoms with Gasteiger partial charge in [0.2, 0.25) is 6.41 Å². The summed E-state index contributed by atoms with van der Waals surface area (Å²) >= 11 is 10.5. The summed E-state index contributed by atoms with van der Waals surface area (Å²) in [5, 5.41) is 17.5. The van der Waals surface area contributed by atoms with Crippen LogP contribution in [0.5, 0.6) is 0 Å². The van der Waals surface area contributed by atoms with Crippen molar-refractivity contribution in [3.63, 3.8) is 0 Å².